The molecular weight excluding hydrogens is 331 g/mol. The summed E-state index contributed by atoms with van der Waals surface area (Å²) in [5, 5.41) is 0. The van der Waals surface area contributed by atoms with Crippen LogP contribution in [-0.2, 0) is 6.42 Å². The van der Waals surface area contributed by atoms with E-state index in [-0.39, 0.29) is 16.2 Å². The van der Waals surface area contributed by atoms with Crippen molar-refractivity contribution in [2.24, 2.45) is 0 Å². The highest BCUT2D eigenvalue weighted by molar-refractivity contribution is 9.09. The Balaban J connectivity index is 1.95. The number of hydrogen-bond acceptors (Lipinski definition) is 1. The second-order valence-electron chi connectivity index (χ2n) is 6.27. The minimum absolute atomic E-state index is 0.0621. The van der Waals surface area contributed by atoms with E-state index in [1.807, 2.05) is 19.1 Å². The molecule has 0 spiro atoms. The molecule has 1 aliphatic heterocycles. The lowest BCUT2D eigenvalue weighted by Crippen LogP contribution is -2.24. The van der Waals surface area contributed by atoms with Gasteiger partial charge in [0.1, 0.15) is 17.2 Å². The molecule has 0 bridgehead atoms. The first-order chi connectivity index (χ1) is 9.85. The van der Waals surface area contributed by atoms with Gasteiger partial charge in [-0.05, 0) is 61.2 Å². The lowest BCUT2D eigenvalue weighted by atomic mass is 9.96. The fraction of sp³-hybridized carbons (Fsp3) is 0.333. The third-order valence-electron chi connectivity index (χ3n) is 3.88. The van der Waals surface area contributed by atoms with Crippen molar-refractivity contribution < 1.29 is 9.13 Å². The zero-order valence-corrected chi connectivity index (χ0v) is 14.0. The summed E-state index contributed by atoms with van der Waals surface area (Å²) in [4.78, 5) is 0.0621. The van der Waals surface area contributed by atoms with Gasteiger partial charge in [0.05, 0.1) is 4.83 Å². The fourth-order valence-corrected chi connectivity index (χ4v) is 3.69. The second-order valence-corrected chi connectivity index (χ2v) is 7.18. The summed E-state index contributed by atoms with van der Waals surface area (Å²) in [5.41, 5.74) is 4.32. The first kappa shape index (κ1) is 14.6. The van der Waals surface area contributed by atoms with Crippen LogP contribution >= 0.6 is 15.9 Å². The van der Waals surface area contributed by atoms with Crippen molar-refractivity contribution in [1.29, 1.82) is 0 Å². The Morgan fingerprint density at radius 1 is 1.19 bits per heavy atom. The van der Waals surface area contributed by atoms with Gasteiger partial charge in [-0.2, -0.15) is 0 Å². The Bertz CT molecular complexity index is 694. The molecule has 1 atom stereocenters. The molecule has 0 saturated heterocycles. The van der Waals surface area contributed by atoms with Crippen molar-refractivity contribution in [2.75, 3.05) is 0 Å². The molecule has 110 valence electrons. The minimum atomic E-state index is -0.194. The van der Waals surface area contributed by atoms with Crippen LogP contribution in [0.15, 0.2) is 36.4 Å². The van der Waals surface area contributed by atoms with Crippen molar-refractivity contribution in [3.8, 4) is 5.75 Å². The van der Waals surface area contributed by atoms with Crippen LogP contribution in [0.5, 0.6) is 5.75 Å². The maximum absolute atomic E-state index is 13.2. The minimum Gasteiger partial charge on any atom is -0.487 e. The average Bonchev–Trinajstić information content (AvgIpc) is 2.70. The smallest absolute Gasteiger partial charge is 0.123 e. The highest BCUT2D eigenvalue weighted by Gasteiger charge is 2.30. The largest absolute Gasteiger partial charge is 0.487 e. The number of alkyl halides is 1. The average molecular weight is 349 g/mol. The Labute approximate surface area is 133 Å². The van der Waals surface area contributed by atoms with E-state index < -0.39 is 0 Å². The summed E-state index contributed by atoms with van der Waals surface area (Å²) in [6.07, 6.45) is 0.915. The van der Waals surface area contributed by atoms with E-state index in [1.165, 1.54) is 17.2 Å². The van der Waals surface area contributed by atoms with E-state index in [0.29, 0.717) is 0 Å². The number of rotatable bonds is 2. The topological polar surface area (TPSA) is 9.23 Å². The van der Waals surface area contributed by atoms with Crippen molar-refractivity contribution in [1.82, 2.24) is 0 Å². The molecule has 1 nitrogen and oxygen atoms in total. The number of fused-ring (bicyclic) bond motifs is 1. The van der Waals surface area contributed by atoms with E-state index in [1.54, 1.807) is 6.07 Å². The predicted octanol–water partition coefficient (Wildman–Crippen LogP) is 5.33. The van der Waals surface area contributed by atoms with Crippen LogP contribution in [-0.4, -0.2) is 5.60 Å². The van der Waals surface area contributed by atoms with Gasteiger partial charge < -0.3 is 4.74 Å². The Morgan fingerprint density at radius 2 is 1.95 bits per heavy atom. The van der Waals surface area contributed by atoms with E-state index >= 15 is 0 Å². The van der Waals surface area contributed by atoms with Gasteiger partial charge in [-0.3, -0.25) is 0 Å². The van der Waals surface area contributed by atoms with Gasteiger partial charge in [-0.15, -0.1) is 0 Å². The predicted molar refractivity (Wildman–Crippen MR) is 86.8 cm³/mol. The molecule has 0 aromatic heterocycles. The molecule has 2 aromatic carbocycles. The molecule has 0 amide bonds. The van der Waals surface area contributed by atoms with Crippen LogP contribution < -0.4 is 4.74 Å². The number of halogens is 2. The van der Waals surface area contributed by atoms with Crippen LogP contribution in [0.4, 0.5) is 4.39 Å². The highest BCUT2D eigenvalue weighted by Crippen LogP contribution is 2.39. The number of ether oxygens (including phenoxy) is 1. The maximum Gasteiger partial charge on any atom is 0.123 e. The second kappa shape index (κ2) is 5.13. The summed E-state index contributed by atoms with van der Waals surface area (Å²) in [6, 6.07) is 11.2. The van der Waals surface area contributed by atoms with Crippen molar-refractivity contribution in [3.05, 3.63) is 64.5 Å². The third kappa shape index (κ3) is 2.84. The zero-order chi connectivity index (χ0) is 15.2. The maximum atomic E-state index is 13.2. The number of aryl methyl sites for hydroxylation is 1. The van der Waals surface area contributed by atoms with Gasteiger partial charge in [0.25, 0.3) is 0 Å². The summed E-state index contributed by atoms with van der Waals surface area (Å²) in [7, 11) is 0. The van der Waals surface area contributed by atoms with Crippen LogP contribution in [0.2, 0.25) is 0 Å². The fourth-order valence-electron chi connectivity index (χ4n) is 2.89. The molecule has 2 aromatic rings. The summed E-state index contributed by atoms with van der Waals surface area (Å²) in [5.74, 6) is 0.777. The quantitative estimate of drug-likeness (QED) is 0.666. The first-order valence-electron chi connectivity index (χ1n) is 7.08. The van der Waals surface area contributed by atoms with Crippen LogP contribution in [0.1, 0.15) is 40.9 Å². The molecule has 21 heavy (non-hydrogen) atoms. The van der Waals surface area contributed by atoms with Gasteiger partial charge >= 0.3 is 0 Å². The highest BCUT2D eigenvalue weighted by atomic mass is 79.9. The molecule has 0 saturated carbocycles. The SMILES string of the molecule is Cc1cc(F)ccc1C(Br)c1ccc2c(c1)CC(C)(C)O2. The van der Waals surface area contributed by atoms with E-state index in [4.69, 9.17) is 4.74 Å². The summed E-state index contributed by atoms with van der Waals surface area (Å²) >= 11 is 3.74. The van der Waals surface area contributed by atoms with Crippen molar-refractivity contribution in [3.63, 3.8) is 0 Å². The molecule has 0 fully saturated rings. The molecule has 1 aliphatic rings. The molecule has 3 heteroatoms. The molecule has 0 radical (unpaired) electrons. The van der Waals surface area contributed by atoms with Gasteiger partial charge in [0, 0.05) is 6.42 Å². The van der Waals surface area contributed by atoms with Crippen LogP contribution in [0.3, 0.4) is 0 Å². The Kier molecular flexibility index (Phi) is 3.56. The molecular formula is C18H18BrFO. The number of benzene rings is 2. The molecule has 1 unspecified atom stereocenters. The van der Waals surface area contributed by atoms with E-state index in [0.717, 1.165) is 23.3 Å². The van der Waals surface area contributed by atoms with Gasteiger partial charge in [0.15, 0.2) is 0 Å². The monoisotopic (exact) mass is 348 g/mol. The third-order valence-corrected chi connectivity index (χ3v) is 4.91. The van der Waals surface area contributed by atoms with Gasteiger partial charge in [-0.1, -0.05) is 34.1 Å². The van der Waals surface area contributed by atoms with Crippen LogP contribution in [0, 0.1) is 12.7 Å². The summed E-state index contributed by atoms with van der Waals surface area (Å²) in [6.45, 7) is 6.14. The normalized spacial score (nSPS) is 17.2. The van der Waals surface area contributed by atoms with Crippen molar-refractivity contribution >= 4 is 15.9 Å². The Morgan fingerprint density at radius 3 is 2.67 bits per heavy atom. The molecule has 1 heterocycles. The van der Waals surface area contributed by atoms with E-state index in [2.05, 4.69) is 41.9 Å². The summed E-state index contributed by atoms with van der Waals surface area (Å²) < 4.78 is 19.2. The van der Waals surface area contributed by atoms with Crippen LogP contribution in [0.25, 0.3) is 0 Å². The lowest BCUT2D eigenvalue weighted by molar-refractivity contribution is 0.138. The van der Waals surface area contributed by atoms with Gasteiger partial charge in [0.2, 0.25) is 0 Å². The van der Waals surface area contributed by atoms with Crippen molar-refractivity contribution in [2.45, 2.75) is 37.6 Å². The lowest BCUT2D eigenvalue weighted by Gasteiger charge is -2.16. The zero-order valence-electron chi connectivity index (χ0n) is 12.4. The van der Waals surface area contributed by atoms with Gasteiger partial charge in [-0.25, -0.2) is 4.39 Å². The molecule has 3 rings (SSSR count). The van der Waals surface area contributed by atoms with E-state index in [9.17, 15) is 4.39 Å². The number of hydrogen-bond donors (Lipinski definition) is 0. The molecule has 0 aliphatic carbocycles. The first-order valence-corrected chi connectivity index (χ1v) is 7.99. The Hall–Kier alpha value is -1.35. The molecule has 0 N–H and O–H groups in total. The standard InChI is InChI=1S/C18H18BrFO/c1-11-8-14(20)5-6-15(11)17(19)12-4-7-16-13(9-12)10-18(2,3)21-16/h4-9,17H,10H2,1-3H3.